The third kappa shape index (κ3) is 3.16. The molecule has 0 aliphatic heterocycles. The van der Waals surface area contributed by atoms with Crippen molar-refractivity contribution in [2.45, 2.75) is 13.0 Å². The summed E-state index contributed by atoms with van der Waals surface area (Å²) in [5.41, 5.74) is 1.17. The molecule has 2 rings (SSSR count). The molecule has 0 spiro atoms. The number of aromatic nitrogens is 1. The molecule has 0 bridgehead atoms. The van der Waals surface area contributed by atoms with E-state index in [1.807, 2.05) is 6.20 Å². The molecular weight excluding hydrogens is 364 g/mol. The predicted molar refractivity (Wildman–Crippen MR) is 79.5 cm³/mol. The number of nitrogens with one attached hydrogen (secondary N) is 1. The minimum Gasteiger partial charge on any atom is -0.306 e. The number of hydrogen-bond acceptors (Lipinski definition) is 3. The molecule has 2 heterocycles. The van der Waals surface area contributed by atoms with Gasteiger partial charge in [0.2, 0.25) is 0 Å². The van der Waals surface area contributed by atoms with Crippen LogP contribution in [0.15, 0.2) is 38.9 Å². The van der Waals surface area contributed by atoms with Crippen LogP contribution in [-0.2, 0) is 0 Å². The lowest BCUT2D eigenvalue weighted by Crippen LogP contribution is -2.21. The predicted octanol–water partition coefficient (Wildman–Crippen LogP) is 4.37. The second-order valence-corrected chi connectivity index (χ2v) is 6.28. The van der Waals surface area contributed by atoms with Crippen molar-refractivity contribution in [3.05, 3.63) is 49.3 Å². The van der Waals surface area contributed by atoms with E-state index in [-0.39, 0.29) is 6.04 Å². The number of halogens is 2. The van der Waals surface area contributed by atoms with Crippen LogP contribution in [0.4, 0.5) is 0 Å². The molecule has 0 aromatic carbocycles. The molecule has 5 heteroatoms. The van der Waals surface area contributed by atoms with Crippen molar-refractivity contribution < 1.29 is 0 Å². The van der Waals surface area contributed by atoms with Crippen molar-refractivity contribution in [3.63, 3.8) is 0 Å². The van der Waals surface area contributed by atoms with Gasteiger partial charge in [-0.1, -0.05) is 6.92 Å². The number of pyridine rings is 1. The summed E-state index contributed by atoms with van der Waals surface area (Å²) in [6, 6.07) is 4.38. The molecule has 2 aromatic heterocycles. The van der Waals surface area contributed by atoms with Crippen LogP contribution in [0.1, 0.15) is 23.4 Å². The Bertz CT molecular complexity index is 499. The van der Waals surface area contributed by atoms with Crippen molar-refractivity contribution >= 4 is 43.2 Å². The fourth-order valence-corrected chi connectivity index (χ4v) is 3.75. The quantitative estimate of drug-likeness (QED) is 0.858. The molecule has 90 valence electrons. The van der Waals surface area contributed by atoms with Crippen molar-refractivity contribution in [2.24, 2.45) is 0 Å². The van der Waals surface area contributed by atoms with Gasteiger partial charge in [0.15, 0.2) is 0 Å². The van der Waals surface area contributed by atoms with Crippen molar-refractivity contribution in [1.82, 2.24) is 10.3 Å². The van der Waals surface area contributed by atoms with E-state index in [0.717, 1.165) is 15.5 Å². The summed E-state index contributed by atoms with van der Waals surface area (Å²) in [6.07, 6.45) is 3.71. The number of thiophene rings is 1. The van der Waals surface area contributed by atoms with E-state index in [1.165, 1.54) is 10.4 Å². The molecule has 17 heavy (non-hydrogen) atoms. The van der Waals surface area contributed by atoms with Crippen LogP contribution in [-0.4, -0.2) is 11.5 Å². The lowest BCUT2D eigenvalue weighted by atomic mass is 10.1. The van der Waals surface area contributed by atoms with Gasteiger partial charge in [-0.25, -0.2) is 0 Å². The van der Waals surface area contributed by atoms with Crippen LogP contribution in [0.3, 0.4) is 0 Å². The summed E-state index contributed by atoms with van der Waals surface area (Å²) in [6.45, 7) is 3.03. The van der Waals surface area contributed by atoms with E-state index in [9.17, 15) is 0 Å². The lowest BCUT2D eigenvalue weighted by Gasteiger charge is -2.17. The molecular formula is C12H12Br2N2S. The van der Waals surface area contributed by atoms with Crippen LogP contribution >= 0.6 is 43.2 Å². The normalized spacial score (nSPS) is 12.6. The molecule has 0 saturated heterocycles. The molecule has 1 unspecified atom stereocenters. The van der Waals surface area contributed by atoms with Gasteiger partial charge in [0.1, 0.15) is 0 Å². The minimum atomic E-state index is 0.194. The summed E-state index contributed by atoms with van der Waals surface area (Å²) in [7, 11) is 0. The van der Waals surface area contributed by atoms with E-state index >= 15 is 0 Å². The van der Waals surface area contributed by atoms with Gasteiger partial charge in [-0.3, -0.25) is 4.98 Å². The Balaban J connectivity index is 2.39. The second kappa shape index (κ2) is 6.09. The molecule has 0 aliphatic carbocycles. The van der Waals surface area contributed by atoms with Crippen LogP contribution in [0.5, 0.6) is 0 Å². The van der Waals surface area contributed by atoms with Crippen molar-refractivity contribution in [1.29, 1.82) is 0 Å². The SMILES string of the molecule is CCNC(c1cncc(Br)c1)c1sccc1Br. The maximum absolute atomic E-state index is 4.23. The highest BCUT2D eigenvalue weighted by atomic mass is 79.9. The Hall–Kier alpha value is -0.230. The Kier molecular flexibility index (Phi) is 4.73. The topological polar surface area (TPSA) is 24.9 Å². The highest BCUT2D eigenvalue weighted by Crippen LogP contribution is 2.33. The van der Waals surface area contributed by atoms with Crippen LogP contribution in [0.25, 0.3) is 0 Å². The Morgan fingerprint density at radius 1 is 1.41 bits per heavy atom. The van der Waals surface area contributed by atoms with E-state index < -0.39 is 0 Å². The third-order valence-electron chi connectivity index (χ3n) is 2.37. The zero-order valence-electron chi connectivity index (χ0n) is 9.28. The van der Waals surface area contributed by atoms with Crippen molar-refractivity contribution in [3.8, 4) is 0 Å². The van der Waals surface area contributed by atoms with E-state index in [0.29, 0.717) is 0 Å². The van der Waals surface area contributed by atoms with Gasteiger partial charge >= 0.3 is 0 Å². The summed E-state index contributed by atoms with van der Waals surface area (Å²) < 4.78 is 2.15. The first-order chi connectivity index (χ1) is 8.22. The van der Waals surface area contributed by atoms with Crippen LogP contribution < -0.4 is 5.32 Å². The largest absolute Gasteiger partial charge is 0.306 e. The molecule has 1 N–H and O–H groups in total. The molecule has 0 aliphatic rings. The zero-order chi connectivity index (χ0) is 12.3. The maximum Gasteiger partial charge on any atom is 0.0697 e. The summed E-state index contributed by atoms with van der Waals surface area (Å²) in [4.78, 5) is 5.51. The van der Waals surface area contributed by atoms with Gasteiger partial charge in [-0.15, -0.1) is 11.3 Å². The highest BCUT2D eigenvalue weighted by molar-refractivity contribution is 9.10. The Morgan fingerprint density at radius 3 is 2.82 bits per heavy atom. The second-order valence-electron chi connectivity index (χ2n) is 3.56. The molecule has 0 fully saturated rings. The molecule has 2 aromatic rings. The zero-order valence-corrected chi connectivity index (χ0v) is 13.3. The number of hydrogen-bond donors (Lipinski definition) is 1. The van der Waals surface area contributed by atoms with Gasteiger partial charge in [0.05, 0.1) is 6.04 Å². The molecule has 0 saturated carbocycles. The van der Waals surface area contributed by atoms with E-state index in [1.54, 1.807) is 17.5 Å². The molecule has 1 atom stereocenters. The summed E-state index contributed by atoms with van der Waals surface area (Å²) in [5.74, 6) is 0. The summed E-state index contributed by atoms with van der Waals surface area (Å²) >= 11 is 8.80. The van der Waals surface area contributed by atoms with Crippen LogP contribution in [0, 0.1) is 0 Å². The highest BCUT2D eigenvalue weighted by Gasteiger charge is 2.17. The van der Waals surface area contributed by atoms with Gasteiger partial charge in [-0.2, -0.15) is 0 Å². The van der Waals surface area contributed by atoms with Crippen LogP contribution in [0.2, 0.25) is 0 Å². The average molecular weight is 376 g/mol. The average Bonchev–Trinajstić information content (AvgIpc) is 2.72. The lowest BCUT2D eigenvalue weighted by molar-refractivity contribution is 0.635. The van der Waals surface area contributed by atoms with E-state index in [4.69, 9.17) is 0 Å². The van der Waals surface area contributed by atoms with Gasteiger partial charge in [0.25, 0.3) is 0 Å². The maximum atomic E-state index is 4.23. The fraction of sp³-hybridized carbons (Fsp3) is 0.250. The molecule has 2 nitrogen and oxygen atoms in total. The Morgan fingerprint density at radius 2 is 2.24 bits per heavy atom. The first-order valence-corrected chi connectivity index (χ1v) is 7.75. The fourth-order valence-electron chi connectivity index (χ4n) is 1.66. The van der Waals surface area contributed by atoms with Crippen molar-refractivity contribution in [2.75, 3.05) is 6.54 Å². The first-order valence-electron chi connectivity index (χ1n) is 5.29. The number of nitrogens with zero attached hydrogens (tertiary/aromatic N) is 1. The van der Waals surface area contributed by atoms with Gasteiger partial charge in [-0.05, 0) is 61.5 Å². The molecule has 0 radical (unpaired) electrons. The third-order valence-corrected chi connectivity index (χ3v) is 4.74. The van der Waals surface area contributed by atoms with Gasteiger partial charge < -0.3 is 5.32 Å². The number of rotatable bonds is 4. The molecule has 0 amide bonds. The minimum absolute atomic E-state index is 0.194. The standard InChI is InChI=1S/C12H12Br2N2S/c1-2-16-11(12-10(14)3-4-17-12)8-5-9(13)7-15-6-8/h3-7,11,16H,2H2,1H3. The smallest absolute Gasteiger partial charge is 0.0697 e. The monoisotopic (exact) mass is 374 g/mol. The first kappa shape index (κ1) is 13.2. The van der Waals surface area contributed by atoms with E-state index in [2.05, 4.69) is 66.6 Å². The van der Waals surface area contributed by atoms with Gasteiger partial charge in [0, 0.05) is 26.2 Å². The summed E-state index contributed by atoms with van der Waals surface area (Å²) in [5, 5.41) is 5.58. The Labute approximate surface area is 122 Å².